The predicted molar refractivity (Wildman–Crippen MR) is 88.9 cm³/mol. The van der Waals surface area contributed by atoms with E-state index in [0.717, 1.165) is 12.8 Å². The van der Waals surface area contributed by atoms with Crippen molar-refractivity contribution in [1.29, 1.82) is 0 Å². The average Bonchev–Trinajstić information content (AvgIpc) is 3.35. The Hall–Kier alpha value is -3.11. The van der Waals surface area contributed by atoms with Gasteiger partial charge in [0.05, 0.1) is 16.7 Å². The lowest BCUT2D eigenvalue weighted by Crippen LogP contribution is -2.25. The second-order valence-electron chi connectivity index (χ2n) is 6.71. The topological polar surface area (TPSA) is 59.3 Å². The molecule has 0 aliphatic heterocycles. The summed E-state index contributed by atoms with van der Waals surface area (Å²) < 4.78 is 79.9. The predicted octanol–water partition coefficient (Wildman–Crippen LogP) is 4.33. The molecule has 5 nitrogen and oxygen atoms in total. The molecule has 3 aromatic rings. The third kappa shape index (κ3) is 3.89. The van der Waals surface area contributed by atoms with Crippen LogP contribution in [0.1, 0.15) is 34.3 Å². The average molecular weight is 414 g/mol. The third-order valence-corrected chi connectivity index (χ3v) is 4.42. The van der Waals surface area contributed by atoms with Crippen molar-refractivity contribution in [2.75, 3.05) is 0 Å². The molecular formula is C18H12F6N4O. The molecule has 11 heteroatoms. The van der Waals surface area contributed by atoms with Crippen molar-refractivity contribution in [2.24, 2.45) is 0 Å². The van der Waals surface area contributed by atoms with E-state index in [1.165, 1.54) is 22.7 Å². The van der Waals surface area contributed by atoms with Crippen molar-refractivity contribution in [1.82, 2.24) is 19.9 Å². The fourth-order valence-electron chi connectivity index (χ4n) is 2.80. The maximum absolute atomic E-state index is 13.1. The number of nitrogens with zero attached hydrogens (tertiary/aromatic N) is 3. The molecule has 29 heavy (non-hydrogen) atoms. The highest BCUT2D eigenvalue weighted by Gasteiger charge is 2.37. The van der Waals surface area contributed by atoms with E-state index >= 15 is 0 Å². The summed E-state index contributed by atoms with van der Waals surface area (Å²) in [6, 6.07) is 4.14. The number of carbonyl (C=O) groups is 1. The molecule has 1 aliphatic carbocycles. The van der Waals surface area contributed by atoms with E-state index in [-0.39, 0.29) is 29.1 Å². The van der Waals surface area contributed by atoms with E-state index in [1.807, 2.05) is 0 Å². The molecule has 0 radical (unpaired) electrons. The van der Waals surface area contributed by atoms with Gasteiger partial charge in [-0.1, -0.05) is 0 Å². The summed E-state index contributed by atoms with van der Waals surface area (Å²) in [5.41, 5.74) is -2.97. The van der Waals surface area contributed by atoms with Gasteiger partial charge < -0.3 is 5.32 Å². The highest BCUT2D eigenvalue weighted by molar-refractivity contribution is 5.94. The second kappa shape index (κ2) is 6.46. The number of fused-ring (bicyclic) bond motifs is 1. The maximum Gasteiger partial charge on any atom is 0.416 e. The number of alkyl halides is 6. The SMILES string of the molecule is O=C(NC1CC1)c1ccc2nnc(-c3cc(C(F)(F)F)cc(C(F)(F)F)c3)n2c1. The molecule has 2 aromatic heterocycles. The van der Waals surface area contributed by atoms with Gasteiger partial charge in [0.2, 0.25) is 0 Å². The number of rotatable bonds is 3. The first-order chi connectivity index (χ1) is 13.5. The molecular weight excluding hydrogens is 402 g/mol. The Morgan fingerprint density at radius 3 is 2.14 bits per heavy atom. The summed E-state index contributed by atoms with van der Waals surface area (Å²) in [6.07, 6.45) is -6.96. The fourth-order valence-corrected chi connectivity index (χ4v) is 2.80. The van der Waals surface area contributed by atoms with Crippen molar-refractivity contribution < 1.29 is 31.1 Å². The quantitative estimate of drug-likeness (QED) is 0.650. The van der Waals surface area contributed by atoms with E-state index in [9.17, 15) is 31.1 Å². The minimum Gasteiger partial charge on any atom is -0.349 e. The van der Waals surface area contributed by atoms with E-state index in [2.05, 4.69) is 15.5 Å². The number of pyridine rings is 1. The number of aromatic nitrogens is 3. The van der Waals surface area contributed by atoms with Gasteiger partial charge in [-0.15, -0.1) is 10.2 Å². The van der Waals surface area contributed by atoms with Gasteiger partial charge in [-0.2, -0.15) is 26.3 Å². The van der Waals surface area contributed by atoms with Crippen LogP contribution in [0.2, 0.25) is 0 Å². The van der Waals surface area contributed by atoms with Crippen molar-refractivity contribution in [2.45, 2.75) is 31.2 Å². The minimum absolute atomic E-state index is 0.0429. The normalized spacial score (nSPS) is 15.0. The Balaban J connectivity index is 1.84. The van der Waals surface area contributed by atoms with Crippen LogP contribution in [0, 0.1) is 0 Å². The molecule has 1 saturated carbocycles. The van der Waals surface area contributed by atoms with Crippen molar-refractivity contribution in [3.05, 3.63) is 53.2 Å². The fraction of sp³-hybridized carbons (Fsp3) is 0.278. The second-order valence-corrected chi connectivity index (χ2v) is 6.71. The van der Waals surface area contributed by atoms with Crippen LogP contribution >= 0.6 is 0 Å². The van der Waals surface area contributed by atoms with Crippen LogP contribution in [0.25, 0.3) is 17.0 Å². The molecule has 1 amide bonds. The first-order valence-corrected chi connectivity index (χ1v) is 8.48. The maximum atomic E-state index is 13.1. The van der Waals surface area contributed by atoms with Crippen LogP contribution in [0.3, 0.4) is 0 Å². The Kier molecular flexibility index (Phi) is 4.28. The summed E-state index contributed by atoms with van der Waals surface area (Å²) in [5.74, 6) is -0.633. The monoisotopic (exact) mass is 414 g/mol. The van der Waals surface area contributed by atoms with Gasteiger partial charge in [-0.25, -0.2) is 0 Å². The van der Waals surface area contributed by atoms with Gasteiger partial charge in [0, 0.05) is 17.8 Å². The highest BCUT2D eigenvalue weighted by atomic mass is 19.4. The lowest BCUT2D eigenvalue weighted by atomic mass is 10.0. The Morgan fingerprint density at radius 2 is 1.59 bits per heavy atom. The van der Waals surface area contributed by atoms with Crippen LogP contribution in [0.15, 0.2) is 36.5 Å². The van der Waals surface area contributed by atoms with Gasteiger partial charge in [-0.05, 0) is 43.2 Å². The van der Waals surface area contributed by atoms with Crippen LogP contribution in [-0.2, 0) is 12.4 Å². The molecule has 1 N–H and O–H groups in total. The Morgan fingerprint density at radius 1 is 0.966 bits per heavy atom. The molecule has 0 unspecified atom stereocenters. The lowest BCUT2D eigenvalue weighted by molar-refractivity contribution is -0.143. The zero-order chi connectivity index (χ0) is 21.0. The molecule has 1 aliphatic rings. The number of carbonyl (C=O) groups excluding carboxylic acids is 1. The largest absolute Gasteiger partial charge is 0.416 e. The van der Waals surface area contributed by atoms with Gasteiger partial charge in [0.25, 0.3) is 5.91 Å². The van der Waals surface area contributed by atoms with Gasteiger partial charge in [-0.3, -0.25) is 9.20 Å². The first-order valence-electron chi connectivity index (χ1n) is 8.48. The standard InChI is InChI=1S/C18H12F6N4O/c19-17(20,21)11-5-10(6-12(7-11)18(22,23)24)15-27-26-14-4-1-9(8-28(14)15)16(29)25-13-2-3-13/h1,4-8,13H,2-3H2,(H,25,29). The van der Waals surface area contributed by atoms with E-state index in [4.69, 9.17) is 0 Å². The van der Waals surface area contributed by atoms with Crippen molar-refractivity contribution in [3.63, 3.8) is 0 Å². The number of halogens is 6. The van der Waals surface area contributed by atoms with Crippen LogP contribution in [-0.4, -0.2) is 26.5 Å². The van der Waals surface area contributed by atoms with Crippen molar-refractivity contribution in [3.8, 4) is 11.4 Å². The van der Waals surface area contributed by atoms with Crippen LogP contribution < -0.4 is 5.32 Å². The van der Waals surface area contributed by atoms with Gasteiger partial charge in [0.1, 0.15) is 0 Å². The Labute approximate surface area is 159 Å². The number of nitrogens with one attached hydrogen (secondary N) is 1. The molecule has 1 aromatic carbocycles. The summed E-state index contributed by atoms with van der Waals surface area (Å²) in [7, 11) is 0. The zero-order valence-electron chi connectivity index (χ0n) is 14.5. The van der Waals surface area contributed by atoms with E-state index in [0.29, 0.717) is 12.1 Å². The Bertz CT molecular complexity index is 1070. The van der Waals surface area contributed by atoms with E-state index < -0.39 is 35.0 Å². The molecule has 2 heterocycles. The van der Waals surface area contributed by atoms with Crippen LogP contribution in [0.4, 0.5) is 26.3 Å². The number of hydrogen-bond acceptors (Lipinski definition) is 3. The zero-order valence-corrected chi connectivity index (χ0v) is 14.5. The van der Waals surface area contributed by atoms with Gasteiger partial charge in [0.15, 0.2) is 11.5 Å². The molecule has 4 rings (SSSR count). The number of hydrogen-bond donors (Lipinski definition) is 1. The molecule has 152 valence electrons. The summed E-state index contributed by atoms with van der Waals surface area (Å²) in [6.45, 7) is 0. The molecule has 0 bridgehead atoms. The minimum atomic E-state index is -4.98. The number of amides is 1. The molecule has 0 spiro atoms. The van der Waals surface area contributed by atoms with Gasteiger partial charge >= 0.3 is 12.4 Å². The summed E-state index contributed by atoms with van der Waals surface area (Å²) in [4.78, 5) is 12.2. The smallest absolute Gasteiger partial charge is 0.349 e. The number of benzene rings is 1. The van der Waals surface area contributed by atoms with Crippen LogP contribution in [0.5, 0.6) is 0 Å². The lowest BCUT2D eigenvalue weighted by Gasteiger charge is -2.13. The summed E-state index contributed by atoms with van der Waals surface area (Å²) >= 11 is 0. The third-order valence-electron chi connectivity index (χ3n) is 4.42. The molecule has 0 saturated heterocycles. The highest BCUT2D eigenvalue weighted by Crippen LogP contribution is 2.38. The molecule has 1 fully saturated rings. The van der Waals surface area contributed by atoms with Crippen molar-refractivity contribution >= 4 is 11.6 Å². The molecule has 0 atom stereocenters. The first kappa shape index (κ1) is 19.2. The van der Waals surface area contributed by atoms with E-state index in [1.54, 1.807) is 0 Å². The summed E-state index contributed by atoms with van der Waals surface area (Å²) in [5, 5.41) is 10.3.